The molecule has 3 aliphatic heterocycles. The van der Waals surface area contributed by atoms with Gasteiger partial charge in [-0.3, -0.25) is 9.59 Å². The van der Waals surface area contributed by atoms with E-state index in [9.17, 15) is 27.9 Å². The van der Waals surface area contributed by atoms with Crippen LogP contribution in [0.4, 0.5) is 13.2 Å². The molecule has 1 aromatic carbocycles. The van der Waals surface area contributed by atoms with Crippen molar-refractivity contribution in [2.75, 3.05) is 26.2 Å². The predicted octanol–water partition coefficient (Wildman–Crippen LogP) is 2.22. The first-order valence-corrected chi connectivity index (χ1v) is 10.4. The van der Waals surface area contributed by atoms with Gasteiger partial charge in [0.1, 0.15) is 18.3 Å². The zero-order chi connectivity index (χ0) is 23.8. The number of benzene rings is 1. The SMILES string of the molecule is O=C(O)C(F)(F)F.O=C1C2CC(c3c(O)ccc(Cl)c3Cl)CCN2C(=O)CN1C1CNC1. The van der Waals surface area contributed by atoms with Gasteiger partial charge < -0.3 is 25.3 Å². The van der Waals surface area contributed by atoms with Crippen LogP contribution in [-0.2, 0) is 14.4 Å². The molecule has 2 unspecified atom stereocenters. The fraction of sp³-hybridized carbons (Fsp3) is 0.526. The minimum absolute atomic E-state index is 0.00337. The second-order valence-electron chi connectivity index (χ2n) is 7.70. The molecular formula is C19H20Cl2F3N3O5. The van der Waals surface area contributed by atoms with Gasteiger partial charge in [-0.25, -0.2) is 4.79 Å². The van der Waals surface area contributed by atoms with E-state index in [0.717, 1.165) is 13.1 Å². The smallest absolute Gasteiger partial charge is 0.490 e. The first-order chi connectivity index (χ1) is 14.9. The summed E-state index contributed by atoms with van der Waals surface area (Å²) >= 11 is 12.4. The molecule has 0 spiro atoms. The minimum Gasteiger partial charge on any atom is -0.508 e. The molecule has 32 heavy (non-hydrogen) atoms. The molecule has 1 aromatic rings. The summed E-state index contributed by atoms with van der Waals surface area (Å²) in [5.41, 5.74) is 0.580. The monoisotopic (exact) mass is 497 g/mol. The number of piperazine rings is 1. The van der Waals surface area contributed by atoms with Gasteiger partial charge in [0, 0.05) is 25.2 Å². The number of hydrogen-bond donors (Lipinski definition) is 3. The summed E-state index contributed by atoms with van der Waals surface area (Å²) in [5, 5.41) is 21.2. The first kappa shape index (κ1) is 24.4. The van der Waals surface area contributed by atoms with E-state index < -0.39 is 18.2 Å². The number of piperidine rings is 1. The molecule has 0 bridgehead atoms. The van der Waals surface area contributed by atoms with Crippen LogP contribution in [0, 0.1) is 0 Å². The number of carbonyl (C=O) groups is 3. The highest BCUT2D eigenvalue weighted by atomic mass is 35.5. The molecule has 3 N–H and O–H groups in total. The standard InChI is InChI=1S/C17H19Cl2N3O3.C2HF3O2/c18-11-1-2-13(23)15(16(11)19)9-3-4-21-12(5-9)17(25)22(8-14(21)24)10-6-20-7-10;3-2(4,5)1(6)7/h1-2,9-10,12,20,23H,3-8H2;(H,6,7). The van der Waals surface area contributed by atoms with Crippen LogP contribution in [0.5, 0.6) is 5.75 Å². The van der Waals surface area contributed by atoms with Gasteiger partial charge in [0.25, 0.3) is 0 Å². The second kappa shape index (κ2) is 9.32. The molecule has 176 valence electrons. The zero-order valence-corrected chi connectivity index (χ0v) is 18.0. The molecule has 8 nitrogen and oxygen atoms in total. The number of carboxylic acids is 1. The Balaban J connectivity index is 0.000000360. The van der Waals surface area contributed by atoms with E-state index in [1.807, 2.05) is 0 Å². The largest absolute Gasteiger partial charge is 0.508 e. The maximum atomic E-state index is 12.9. The van der Waals surface area contributed by atoms with Gasteiger partial charge in [-0.1, -0.05) is 23.2 Å². The van der Waals surface area contributed by atoms with E-state index in [1.54, 1.807) is 15.9 Å². The van der Waals surface area contributed by atoms with Crippen molar-refractivity contribution in [3.05, 3.63) is 27.7 Å². The van der Waals surface area contributed by atoms with Gasteiger partial charge in [-0.2, -0.15) is 13.2 Å². The molecule has 3 aliphatic rings. The lowest BCUT2D eigenvalue weighted by molar-refractivity contribution is -0.192. The summed E-state index contributed by atoms with van der Waals surface area (Å²) in [5.74, 6) is -2.79. The summed E-state index contributed by atoms with van der Waals surface area (Å²) in [4.78, 5) is 37.7. The van der Waals surface area contributed by atoms with Gasteiger partial charge in [0.2, 0.25) is 11.8 Å². The number of hydrogen-bond acceptors (Lipinski definition) is 5. The third kappa shape index (κ3) is 4.89. The number of alkyl halides is 3. The normalized spacial score (nSPS) is 23.8. The zero-order valence-electron chi connectivity index (χ0n) is 16.5. The lowest BCUT2D eigenvalue weighted by Crippen LogP contribution is -2.69. The first-order valence-electron chi connectivity index (χ1n) is 9.69. The number of carboxylic acid groups (broad SMARTS) is 1. The summed E-state index contributed by atoms with van der Waals surface area (Å²) in [6.07, 6.45) is -3.98. The van der Waals surface area contributed by atoms with Gasteiger partial charge in [-0.15, -0.1) is 0 Å². The molecular weight excluding hydrogens is 478 g/mol. The van der Waals surface area contributed by atoms with Crippen molar-refractivity contribution in [3.63, 3.8) is 0 Å². The molecule has 3 fully saturated rings. The molecule has 0 saturated carbocycles. The number of nitrogens with one attached hydrogen (secondary N) is 1. The van der Waals surface area contributed by atoms with E-state index in [0.29, 0.717) is 35.0 Å². The molecule has 2 atom stereocenters. The number of amides is 2. The summed E-state index contributed by atoms with van der Waals surface area (Å²) < 4.78 is 31.7. The Morgan fingerprint density at radius 1 is 1.16 bits per heavy atom. The summed E-state index contributed by atoms with van der Waals surface area (Å²) in [6, 6.07) is 2.69. The van der Waals surface area contributed by atoms with Crippen molar-refractivity contribution in [3.8, 4) is 5.75 Å². The molecule has 0 radical (unpaired) electrons. The number of aliphatic carboxylic acids is 1. The second-order valence-corrected chi connectivity index (χ2v) is 8.48. The third-order valence-corrected chi connectivity index (χ3v) is 6.58. The van der Waals surface area contributed by atoms with E-state index in [4.69, 9.17) is 33.1 Å². The molecule has 4 rings (SSSR count). The van der Waals surface area contributed by atoms with Crippen LogP contribution < -0.4 is 5.32 Å². The van der Waals surface area contributed by atoms with E-state index in [1.165, 1.54) is 6.07 Å². The Labute approximate surface area is 190 Å². The molecule has 3 saturated heterocycles. The minimum atomic E-state index is -5.08. The number of nitrogens with zero attached hydrogens (tertiary/aromatic N) is 2. The Bertz CT molecular complexity index is 926. The molecule has 0 aromatic heterocycles. The average molecular weight is 498 g/mol. The molecule has 0 aliphatic carbocycles. The number of aromatic hydroxyl groups is 1. The average Bonchev–Trinajstić information content (AvgIpc) is 2.67. The lowest BCUT2D eigenvalue weighted by atomic mass is 9.83. The van der Waals surface area contributed by atoms with E-state index in [-0.39, 0.29) is 36.1 Å². The van der Waals surface area contributed by atoms with Gasteiger partial charge in [0.05, 0.1) is 16.1 Å². The molecule has 2 amide bonds. The van der Waals surface area contributed by atoms with Crippen LogP contribution in [-0.4, -0.2) is 82.2 Å². The number of phenolic OH excluding ortho intramolecular Hbond substituents is 1. The maximum Gasteiger partial charge on any atom is 0.490 e. The quantitative estimate of drug-likeness (QED) is 0.577. The number of phenols is 1. The van der Waals surface area contributed by atoms with Crippen LogP contribution in [0.3, 0.4) is 0 Å². The Morgan fingerprint density at radius 2 is 1.78 bits per heavy atom. The number of carbonyl (C=O) groups excluding carboxylic acids is 2. The van der Waals surface area contributed by atoms with Gasteiger partial charge in [-0.05, 0) is 30.9 Å². The van der Waals surface area contributed by atoms with Gasteiger partial charge >= 0.3 is 12.1 Å². The van der Waals surface area contributed by atoms with Gasteiger partial charge in [0.15, 0.2) is 0 Å². The van der Waals surface area contributed by atoms with Crippen LogP contribution in [0.15, 0.2) is 12.1 Å². The van der Waals surface area contributed by atoms with Crippen LogP contribution in [0.2, 0.25) is 10.0 Å². The Kier molecular flexibility index (Phi) is 7.11. The van der Waals surface area contributed by atoms with E-state index >= 15 is 0 Å². The highest BCUT2D eigenvalue weighted by Crippen LogP contribution is 2.43. The fourth-order valence-electron chi connectivity index (χ4n) is 4.01. The van der Waals surface area contributed by atoms with Crippen molar-refractivity contribution in [1.82, 2.24) is 15.1 Å². The van der Waals surface area contributed by atoms with Crippen molar-refractivity contribution in [2.45, 2.75) is 37.0 Å². The van der Waals surface area contributed by atoms with E-state index in [2.05, 4.69) is 5.32 Å². The maximum absolute atomic E-state index is 12.9. The highest BCUT2D eigenvalue weighted by molar-refractivity contribution is 6.42. The molecule has 3 heterocycles. The predicted molar refractivity (Wildman–Crippen MR) is 108 cm³/mol. The number of halogens is 5. The van der Waals surface area contributed by atoms with Crippen LogP contribution in [0.25, 0.3) is 0 Å². The Morgan fingerprint density at radius 3 is 2.31 bits per heavy atom. The summed E-state index contributed by atoms with van der Waals surface area (Å²) in [7, 11) is 0. The molecule has 13 heteroatoms. The highest BCUT2D eigenvalue weighted by Gasteiger charge is 2.46. The van der Waals surface area contributed by atoms with Crippen molar-refractivity contribution >= 4 is 41.0 Å². The number of fused-ring (bicyclic) bond motifs is 1. The number of rotatable bonds is 2. The van der Waals surface area contributed by atoms with Crippen molar-refractivity contribution < 1.29 is 37.8 Å². The topological polar surface area (TPSA) is 110 Å². The van der Waals surface area contributed by atoms with Crippen molar-refractivity contribution in [1.29, 1.82) is 0 Å². The Hall–Kier alpha value is -2.24. The fourth-order valence-corrected chi connectivity index (χ4v) is 4.49. The van der Waals surface area contributed by atoms with Crippen LogP contribution >= 0.6 is 23.2 Å². The lowest BCUT2D eigenvalue weighted by Gasteiger charge is -2.49. The van der Waals surface area contributed by atoms with Crippen LogP contribution in [0.1, 0.15) is 24.3 Å². The van der Waals surface area contributed by atoms with Crippen molar-refractivity contribution in [2.24, 2.45) is 0 Å². The third-order valence-electron chi connectivity index (χ3n) is 5.76. The summed E-state index contributed by atoms with van der Waals surface area (Å²) in [6.45, 7) is 2.11.